The molecule has 0 saturated carbocycles. The van der Waals surface area contributed by atoms with Crippen molar-refractivity contribution in [1.29, 1.82) is 0 Å². The first-order valence-electron chi connectivity index (χ1n) is 9.94. The molecule has 0 unspecified atom stereocenters. The predicted molar refractivity (Wildman–Crippen MR) is 116 cm³/mol. The summed E-state index contributed by atoms with van der Waals surface area (Å²) in [5.74, 6) is -0.0261. The summed E-state index contributed by atoms with van der Waals surface area (Å²) in [6.07, 6.45) is 6.65. The summed E-state index contributed by atoms with van der Waals surface area (Å²) in [7, 11) is 0. The van der Waals surface area contributed by atoms with E-state index in [1.54, 1.807) is 24.3 Å². The van der Waals surface area contributed by atoms with Gasteiger partial charge in [-0.05, 0) is 49.6 Å². The zero-order valence-corrected chi connectivity index (χ0v) is 17.8. The number of rotatable bonds is 11. The number of carbonyl (C=O) groups is 2. The monoisotopic (exact) mass is 402 g/mol. The fourth-order valence-electron chi connectivity index (χ4n) is 3.13. The van der Waals surface area contributed by atoms with Crippen LogP contribution >= 0.6 is 11.3 Å². The highest BCUT2D eigenvalue weighted by Gasteiger charge is 2.20. The molecule has 0 aliphatic carbocycles. The summed E-state index contributed by atoms with van der Waals surface area (Å²) < 4.78 is 5.73. The lowest BCUT2D eigenvalue weighted by Crippen LogP contribution is -2.17. The van der Waals surface area contributed by atoms with Gasteiger partial charge in [-0.2, -0.15) is 0 Å². The molecule has 1 heterocycles. The Kier molecular flexibility index (Phi) is 8.51. The molecule has 0 radical (unpaired) electrons. The van der Waals surface area contributed by atoms with Crippen molar-refractivity contribution in [3.05, 3.63) is 45.8 Å². The lowest BCUT2D eigenvalue weighted by molar-refractivity contribution is 0.100. The molecule has 0 bridgehead atoms. The van der Waals surface area contributed by atoms with E-state index in [0.29, 0.717) is 29.2 Å². The van der Waals surface area contributed by atoms with Crippen molar-refractivity contribution in [2.24, 2.45) is 5.73 Å². The van der Waals surface area contributed by atoms with Crippen molar-refractivity contribution in [2.75, 3.05) is 11.9 Å². The lowest BCUT2D eigenvalue weighted by Gasteiger charge is -2.08. The zero-order valence-electron chi connectivity index (χ0n) is 17.0. The summed E-state index contributed by atoms with van der Waals surface area (Å²) in [6.45, 7) is 6.78. The van der Waals surface area contributed by atoms with Crippen LogP contribution in [0.25, 0.3) is 0 Å². The molecule has 5 nitrogen and oxygen atoms in total. The normalized spacial score (nSPS) is 10.7. The van der Waals surface area contributed by atoms with Crippen LogP contribution in [-0.4, -0.2) is 18.4 Å². The molecule has 28 heavy (non-hydrogen) atoms. The molecule has 6 heteroatoms. The standard InChI is InChI=1S/C22H30N2O3S/c1-4-6-7-8-9-14-27-17-12-10-16(11-13-17)21(26)24-22-19(20(23)25)18(5-2)15(3)28-22/h10-13H,4-9,14H2,1-3H3,(H2,23,25)(H,24,26). The van der Waals surface area contributed by atoms with Crippen LogP contribution in [0.1, 0.15) is 77.1 Å². The second kappa shape index (κ2) is 10.9. The van der Waals surface area contributed by atoms with Gasteiger partial charge in [0.15, 0.2) is 0 Å². The molecular formula is C22H30N2O3S. The van der Waals surface area contributed by atoms with Gasteiger partial charge in [0.25, 0.3) is 11.8 Å². The van der Waals surface area contributed by atoms with E-state index in [-0.39, 0.29) is 5.91 Å². The van der Waals surface area contributed by atoms with Gasteiger partial charge in [-0.25, -0.2) is 0 Å². The van der Waals surface area contributed by atoms with Crippen molar-refractivity contribution in [1.82, 2.24) is 0 Å². The average molecular weight is 403 g/mol. The molecule has 0 spiro atoms. The third-order valence-corrected chi connectivity index (χ3v) is 5.73. The SMILES string of the molecule is CCCCCCCOc1ccc(C(=O)Nc2sc(C)c(CC)c2C(N)=O)cc1. The third-order valence-electron chi connectivity index (χ3n) is 4.67. The highest BCUT2D eigenvalue weighted by molar-refractivity contribution is 7.16. The molecule has 1 aromatic carbocycles. The van der Waals surface area contributed by atoms with Gasteiger partial charge in [0, 0.05) is 10.4 Å². The number of amides is 2. The summed E-state index contributed by atoms with van der Waals surface area (Å²) in [6, 6.07) is 7.06. The Morgan fingerprint density at radius 3 is 2.36 bits per heavy atom. The first-order valence-corrected chi connectivity index (χ1v) is 10.8. The minimum Gasteiger partial charge on any atom is -0.494 e. The van der Waals surface area contributed by atoms with Crippen LogP contribution in [0.2, 0.25) is 0 Å². The quantitative estimate of drug-likeness (QED) is 0.499. The summed E-state index contributed by atoms with van der Waals surface area (Å²) in [4.78, 5) is 25.4. The van der Waals surface area contributed by atoms with Crippen LogP contribution in [0.3, 0.4) is 0 Å². The third kappa shape index (κ3) is 5.83. The van der Waals surface area contributed by atoms with Crippen LogP contribution in [0.4, 0.5) is 5.00 Å². The van der Waals surface area contributed by atoms with Gasteiger partial charge < -0.3 is 15.8 Å². The van der Waals surface area contributed by atoms with Gasteiger partial charge in [-0.15, -0.1) is 11.3 Å². The summed E-state index contributed by atoms with van der Waals surface area (Å²) in [5.41, 5.74) is 7.35. The molecule has 1 aromatic heterocycles. The van der Waals surface area contributed by atoms with E-state index >= 15 is 0 Å². The zero-order chi connectivity index (χ0) is 20.5. The molecule has 0 atom stereocenters. The van der Waals surface area contributed by atoms with Gasteiger partial charge in [-0.1, -0.05) is 39.5 Å². The number of anilines is 1. The summed E-state index contributed by atoms with van der Waals surface area (Å²) >= 11 is 1.38. The number of nitrogens with one attached hydrogen (secondary N) is 1. The van der Waals surface area contributed by atoms with Crippen molar-refractivity contribution in [3.63, 3.8) is 0 Å². The number of primary amides is 1. The Labute approximate surface area is 171 Å². The van der Waals surface area contributed by atoms with Crippen LogP contribution in [-0.2, 0) is 6.42 Å². The maximum atomic E-state index is 12.6. The van der Waals surface area contributed by atoms with Gasteiger partial charge in [-0.3, -0.25) is 9.59 Å². The Morgan fingerprint density at radius 2 is 1.75 bits per heavy atom. The highest BCUT2D eigenvalue weighted by atomic mass is 32.1. The van der Waals surface area contributed by atoms with Crippen molar-refractivity contribution in [3.8, 4) is 5.75 Å². The average Bonchev–Trinajstić information content (AvgIpc) is 3.00. The molecule has 2 amide bonds. The highest BCUT2D eigenvalue weighted by Crippen LogP contribution is 2.33. The lowest BCUT2D eigenvalue weighted by atomic mass is 10.1. The fourth-order valence-corrected chi connectivity index (χ4v) is 4.27. The van der Waals surface area contributed by atoms with Gasteiger partial charge >= 0.3 is 0 Å². The number of hydrogen-bond acceptors (Lipinski definition) is 4. The largest absolute Gasteiger partial charge is 0.494 e. The van der Waals surface area contributed by atoms with Crippen LogP contribution < -0.4 is 15.8 Å². The molecule has 0 fully saturated rings. The molecule has 152 valence electrons. The number of benzene rings is 1. The van der Waals surface area contributed by atoms with Crippen LogP contribution in [0.15, 0.2) is 24.3 Å². The predicted octanol–water partition coefficient (Wildman–Crippen LogP) is 5.32. The maximum Gasteiger partial charge on any atom is 0.256 e. The first-order chi connectivity index (χ1) is 13.5. The second-order valence-electron chi connectivity index (χ2n) is 6.80. The van der Waals surface area contributed by atoms with E-state index in [9.17, 15) is 9.59 Å². The van der Waals surface area contributed by atoms with Crippen molar-refractivity contribution < 1.29 is 14.3 Å². The van der Waals surface area contributed by atoms with E-state index in [0.717, 1.165) is 22.6 Å². The van der Waals surface area contributed by atoms with E-state index in [1.165, 1.54) is 37.0 Å². The molecule has 0 aliphatic rings. The number of hydrogen-bond donors (Lipinski definition) is 2. The van der Waals surface area contributed by atoms with E-state index in [4.69, 9.17) is 10.5 Å². The van der Waals surface area contributed by atoms with E-state index in [2.05, 4.69) is 12.2 Å². The number of aryl methyl sites for hydroxylation is 1. The Balaban J connectivity index is 1.96. The van der Waals surface area contributed by atoms with E-state index in [1.807, 2.05) is 13.8 Å². The van der Waals surface area contributed by atoms with Gasteiger partial charge in [0.1, 0.15) is 10.8 Å². The molecule has 3 N–H and O–H groups in total. The number of unbranched alkanes of at least 4 members (excludes halogenated alkanes) is 4. The van der Waals surface area contributed by atoms with E-state index < -0.39 is 5.91 Å². The molecule has 0 saturated heterocycles. The van der Waals surface area contributed by atoms with Crippen molar-refractivity contribution in [2.45, 2.75) is 59.3 Å². The van der Waals surface area contributed by atoms with Crippen LogP contribution in [0.5, 0.6) is 5.75 Å². The van der Waals surface area contributed by atoms with Crippen molar-refractivity contribution >= 4 is 28.2 Å². The molecule has 2 rings (SSSR count). The smallest absolute Gasteiger partial charge is 0.256 e. The molecule has 2 aromatic rings. The number of nitrogens with two attached hydrogens (primary N) is 1. The number of carbonyl (C=O) groups excluding carboxylic acids is 2. The second-order valence-corrected chi connectivity index (χ2v) is 8.02. The minimum atomic E-state index is -0.515. The molecule has 0 aliphatic heterocycles. The first kappa shape index (κ1) is 22.0. The Bertz CT molecular complexity index is 797. The van der Waals surface area contributed by atoms with Gasteiger partial charge in [0.05, 0.1) is 12.2 Å². The Morgan fingerprint density at radius 1 is 1.07 bits per heavy atom. The van der Waals surface area contributed by atoms with Crippen LogP contribution in [0, 0.1) is 6.92 Å². The number of ether oxygens (including phenoxy) is 1. The molecular weight excluding hydrogens is 372 g/mol. The topological polar surface area (TPSA) is 81.4 Å². The summed E-state index contributed by atoms with van der Waals surface area (Å²) in [5, 5.41) is 3.35. The number of thiophene rings is 1. The minimum absolute atomic E-state index is 0.266. The fraction of sp³-hybridized carbons (Fsp3) is 0.455. The Hall–Kier alpha value is -2.34. The maximum absolute atomic E-state index is 12.6. The van der Waals surface area contributed by atoms with Gasteiger partial charge in [0.2, 0.25) is 0 Å².